The van der Waals surface area contributed by atoms with Crippen molar-refractivity contribution in [3.8, 4) is 11.5 Å². The zero-order valence-electron chi connectivity index (χ0n) is 14.6. The van der Waals surface area contributed by atoms with Crippen LogP contribution in [0.2, 0.25) is 0 Å². The summed E-state index contributed by atoms with van der Waals surface area (Å²) in [5, 5.41) is 2.73. The van der Waals surface area contributed by atoms with Crippen molar-refractivity contribution < 1.29 is 19.1 Å². The molecular weight excluding hydrogens is 320 g/mol. The van der Waals surface area contributed by atoms with Crippen molar-refractivity contribution in [2.45, 2.75) is 26.3 Å². The summed E-state index contributed by atoms with van der Waals surface area (Å²) >= 11 is 0. The number of nitrogens with zero attached hydrogens (tertiary/aromatic N) is 1. The average molecular weight is 342 g/mol. The first-order chi connectivity index (χ1) is 12.0. The van der Waals surface area contributed by atoms with Gasteiger partial charge >= 0.3 is 5.97 Å². The molecule has 0 aliphatic carbocycles. The lowest BCUT2D eigenvalue weighted by molar-refractivity contribution is -0.143. The number of aromatic nitrogens is 1. The molecular formula is C19H22N2O4. The summed E-state index contributed by atoms with van der Waals surface area (Å²) in [6, 6.07) is 9.54. The SMILES string of the molecule is COC(=O)C(CC(C)C)NC(=O)c1cccc(Oc2ccncc2)c1. The molecule has 0 aliphatic rings. The number of carbonyl (C=O) groups excluding carboxylic acids is 2. The molecule has 0 saturated carbocycles. The number of pyridine rings is 1. The van der Waals surface area contributed by atoms with Crippen LogP contribution in [0.4, 0.5) is 0 Å². The van der Waals surface area contributed by atoms with Crippen LogP contribution in [0.15, 0.2) is 48.8 Å². The maximum Gasteiger partial charge on any atom is 0.328 e. The maximum absolute atomic E-state index is 12.5. The van der Waals surface area contributed by atoms with Crippen LogP contribution in [-0.4, -0.2) is 30.0 Å². The molecule has 1 atom stereocenters. The number of ether oxygens (including phenoxy) is 2. The van der Waals surface area contributed by atoms with Gasteiger partial charge in [-0.3, -0.25) is 9.78 Å². The van der Waals surface area contributed by atoms with Crippen molar-refractivity contribution in [3.63, 3.8) is 0 Å². The number of hydrogen-bond donors (Lipinski definition) is 1. The molecule has 1 N–H and O–H groups in total. The number of carbonyl (C=O) groups is 2. The molecule has 2 rings (SSSR count). The molecule has 132 valence electrons. The highest BCUT2D eigenvalue weighted by Crippen LogP contribution is 2.21. The number of nitrogens with one attached hydrogen (secondary N) is 1. The van der Waals surface area contributed by atoms with Gasteiger partial charge in [-0.15, -0.1) is 0 Å². The second-order valence-corrected chi connectivity index (χ2v) is 5.99. The molecule has 0 aliphatic heterocycles. The van der Waals surface area contributed by atoms with Gasteiger partial charge in [-0.25, -0.2) is 4.79 Å². The first-order valence-electron chi connectivity index (χ1n) is 8.06. The fraction of sp³-hybridized carbons (Fsp3) is 0.316. The van der Waals surface area contributed by atoms with Crippen molar-refractivity contribution in [1.82, 2.24) is 10.3 Å². The van der Waals surface area contributed by atoms with Crippen LogP contribution in [0.3, 0.4) is 0 Å². The average Bonchev–Trinajstić information content (AvgIpc) is 2.61. The largest absolute Gasteiger partial charge is 0.467 e. The van der Waals surface area contributed by atoms with Gasteiger partial charge in [0, 0.05) is 18.0 Å². The Labute approximate surface area is 147 Å². The van der Waals surface area contributed by atoms with Crippen LogP contribution >= 0.6 is 0 Å². The first kappa shape index (κ1) is 18.4. The third-order valence-electron chi connectivity index (χ3n) is 3.48. The highest BCUT2D eigenvalue weighted by molar-refractivity contribution is 5.97. The normalized spacial score (nSPS) is 11.7. The molecule has 0 bridgehead atoms. The molecule has 6 heteroatoms. The van der Waals surface area contributed by atoms with Crippen molar-refractivity contribution >= 4 is 11.9 Å². The first-order valence-corrected chi connectivity index (χ1v) is 8.06. The Bertz CT molecular complexity index is 716. The fourth-order valence-electron chi connectivity index (χ4n) is 2.31. The van der Waals surface area contributed by atoms with Gasteiger partial charge in [0.15, 0.2) is 0 Å². The topological polar surface area (TPSA) is 77.5 Å². The Kier molecular flexibility index (Phi) is 6.51. The van der Waals surface area contributed by atoms with Gasteiger partial charge in [0.2, 0.25) is 0 Å². The van der Waals surface area contributed by atoms with Gasteiger partial charge in [-0.05, 0) is 42.7 Å². The number of amides is 1. The van der Waals surface area contributed by atoms with E-state index in [1.165, 1.54) is 7.11 Å². The second kappa shape index (κ2) is 8.82. The summed E-state index contributed by atoms with van der Waals surface area (Å²) in [4.78, 5) is 28.3. The van der Waals surface area contributed by atoms with Crippen molar-refractivity contribution in [1.29, 1.82) is 0 Å². The molecule has 1 aromatic carbocycles. The molecule has 6 nitrogen and oxygen atoms in total. The van der Waals surface area contributed by atoms with E-state index in [1.54, 1.807) is 48.8 Å². The summed E-state index contributed by atoms with van der Waals surface area (Å²) in [5.74, 6) is 0.588. The van der Waals surface area contributed by atoms with Crippen LogP contribution in [0, 0.1) is 5.92 Å². The van der Waals surface area contributed by atoms with Gasteiger partial charge in [-0.2, -0.15) is 0 Å². The van der Waals surface area contributed by atoms with Crippen LogP contribution in [0.25, 0.3) is 0 Å². The van der Waals surface area contributed by atoms with Gasteiger partial charge in [0.05, 0.1) is 7.11 Å². The highest BCUT2D eigenvalue weighted by atomic mass is 16.5. The van der Waals surface area contributed by atoms with E-state index in [0.29, 0.717) is 23.5 Å². The van der Waals surface area contributed by atoms with E-state index in [1.807, 2.05) is 13.8 Å². The summed E-state index contributed by atoms with van der Waals surface area (Å²) < 4.78 is 10.5. The highest BCUT2D eigenvalue weighted by Gasteiger charge is 2.23. The Balaban J connectivity index is 2.10. The lowest BCUT2D eigenvalue weighted by Gasteiger charge is -2.18. The molecule has 0 radical (unpaired) electrons. The molecule has 1 aromatic heterocycles. The molecule has 1 heterocycles. The van der Waals surface area contributed by atoms with Crippen LogP contribution in [0.1, 0.15) is 30.6 Å². The summed E-state index contributed by atoms with van der Waals surface area (Å²) in [7, 11) is 1.31. The van der Waals surface area contributed by atoms with E-state index in [2.05, 4.69) is 10.3 Å². The van der Waals surface area contributed by atoms with Crippen molar-refractivity contribution in [2.24, 2.45) is 5.92 Å². The minimum atomic E-state index is -0.678. The molecule has 1 unspecified atom stereocenters. The predicted molar refractivity (Wildman–Crippen MR) is 93.5 cm³/mol. The zero-order chi connectivity index (χ0) is 18.2. The van der Waals surface area contributed by atoms with Crippen molar-refractivity contribution in [3.05, 3.63) is 54.4 Å². The van der Waals surface area contributed by atoms with E-state index >= 15 is 0 Å². The van der Waals surface area contributed by atoms with Crippen LogP contribution < -0.4 is 10.1 Å². The molecule has 0 saturated heterocycles. The minimum Gasteiger partial charge on any atom is -0.467 e. The Hall–Kier alpha value is -2.89. The molecule has 1 amide bonds. The minimum absolute atomic E-state index is 0.241. The Morgan fingerprint density at radius 1 is 1.12 bits per heavy atom. The van der Waals surface area contributed by atoms with Crippen LogP contribution in [0.5, 0.6) is 11.5 Å². The summed E-state index contributed by atoms with van der Waals surface area (Å²) in [5.41, 5.74) is 0.407. The Morgan fingerprint density at radius 2 is 1.84 bits per heavy atom. The van der Waals surface area contributed by atoms with E-state index in [0.717, 1.165) is 0 Å². The smallest absolute Gasteiger partial charge is 0.328 e. The molecule has 0 spiro atoms. The van der Waals surface area contributed by atoms with Gasteiger partial charge < -0.3 is 14.8 Å². The predicted octanol–water partition coefficient (Wildman–Crippen LogP) is 3.19. The lowest BCUT2D eigenvalue weighted by atomic mass is 10.0. The Morgan fingerprint density at radius 3 is 2.48 bits per heavy atom. The molecule has 25 heavy (non-hydrogen) atoms. The van der Waals surface area contributed by atoms with Gasteiger partial charge in [0.25, 0.3) is 5.91 Å². The summed E-state index contributed by atoms with van der Waals surface area (Å²) in [6.45, 7) is 3.95. The maximum atomic E-state index is 12.5. The zero-order valence-corrected chi connectivity index (χ0v) is 14.6. The quantitative estimate of drug-likeness (QED) is 0.782. The fourth-order valence-corrected chi connectivity index (χ4v) is 2.31. The van der Waals surface area contributed by atoms with E-state index < -0.39 is 12.0 Å². The standard InChI is InChI=1S/C19H22N2O4/c1-13(2)11-17(19(23)24-3)21-18(22)14-5-4-6-16(12-14)25-15-7-9-20-10-8-15/h4-10,12-13,17H,11H2,1-3H3,(H,21,22). The second-order valence-electron chi connectivity index (χ2n) is 5.99. The van der Waals surface area contributed by atoms with Crippen LogP contribution in [-0.2, 0) is 9.53 Å². The number of hydrogen-bond acceptors (Lipinski definition) is 5. The monoisotopic (exact) mass is 342 g/mol. The third kappa shape index (κ3) is 5.60. The number of methoxy groups -OCH3 is 1. The van der Waals surface area contributed by atoms with E-state index in [4.69, 9.17) is 9.47 Å². The molecule has 2 aromatic rings. The van der Waals surface area contributed by atoms with E-state index in [-0.39, 0.29) is 11.8 Å². The lowest BCUT2D eigenvalue weighted by Crippen LogP contribution is -2.42. The van der Waals surface area contributed by atoms with Gasteiger partial charge in [0.1, 0.15) is 17.5 Å². The number of esters is 1. The van der Waals surface area contributed by atoms with Gasteiger partial charge in [-0.1, -0.05) is 19.9 Å². The number of benzene rings is 1. The number of rotatable bonds is 7. The van der Waals surface area contributed by atoms with Crippen molar-refractivity contribution in [2.75, 3.05) is 7.11 Å². The third-order valence-corrected chi connectivity index (χ3v) is 3.48. The van der Waals surface area contributed by atoms with E-state index in [9.17, 15) is 9.59 Å². The summed E-state index contributed by atoms with van der Waals surface area (Å²) in [6.07, 6.45) is 3.75. The molecule has 0 fully saturated rings.